The van der Waals surface area contributed by atoms with Crippen LogP contribution in [0.25, 0.3) is 5.57 Å². The molecule has 1 aromatic carbocycles. The molecule has 0 bridgehead atoms. The minimum atomic E-state index is -2.86. The first-order chi connectivity index (χ1) is 18.7. The Morgan fingerprint density at radius 3 is 2.60 bits per heavy atom. The van der Waals surface area contributed by atoms with Gasteiger partial charge in [0.15, 0.2) is 24.8 Å². The van der Waals surface area contributed by atoms with Gasteiger partial charge in [0.1, 0.15) is 11.9 Å². The first kappa shape index (κ1) is 29.0. The fraction of sp³-hybridized carbons (Fsp3) is 0.444. The number of alkyl halides is 3. The summed E-state index contributed by atoms with van der Waals surface area (Å²) in [6, 6.07) is 4.52. The number of aromatic nitrogens is 3. The van der Waals surface area contributed by atoms with Crippen LogP contribution in [0.1, 0.15) is 56.0 Å². The largest absolute Gasteiger partial charge is 0.413 e. The van der Waals surface area contributed by atoms with E-state index in [4.69, 9.17) is 21.0 Å². The van der Waals surface area contributed by atoms with Crippen LogP contribution in [0.3, 0.4) is 0 Å². The lowest BCUT2D eigenvalue weighted by molar-refractivity contribution is 0.0564. The number of hydrogen-bond acceptors (Lipinski definition) is 6. The van der Waals surface area contributed by atoms with Crippen LogP contribution in [0.15, 0.2) is 52.7 Å². The molecule has 6 nitrogen and oxygen atoms in total. The van der Waals surface area contributed by atoms with Gasteiger partial charge < -0.3 is 9.33 Å². The average molecular weight is 612 g/mol. The predicted molar refractivity (Wildman–Crippen MR) is 152 cm³/mol. The molecule has 0 spiro atoms. The molecular formula is C27H30ClF4N5OSSi. The molecule has 13 heteroatoms. The van der Waals surface area contributed by atoms with E-state index >= 15 is 4.39 Å². The molecule has 1 saturated heterocycles. The van der Waals surface area contributed by atoms with Gasteiger partial charge in [-0.15, -0.1) is 11.3 Å². The Morgan fingerprint density at radius 2 is 2.00 bits per heavy atom. The number of halogens is 5. The zero-order valence-corrected chi connectivity index (χ0v) is 25.3. The van der Waals surface area contributed by atoms with Crippen LogP contribution >= 0.6 is 22.9 Å². The number of amidine groups is 1. The summed E-state index contributed by atoms with van der Waals surface area (Å²) < 4.78 is 64.7. The van der Waals surface area contributed by atoms with E-state index in [1.54, 1.807) is 16.5 Å². The smallest absolute Gasteiger partial charge is 0.333 e. The lowest BCUT2D eigenvalue weighted by atomic mass is 9.91. The molecule has 0 radical (unpaired) electrons. The van der Waals surface area contributed by atoms with Crippen molar-refractivity contribution in [3.63, 3.8) is 0 Å². The third kappa shape index (κ3) is 5.38. The number of rotatable bonds is 7. The summed E-state index contributed by atoms with van der Waals surface area (Å²) in [5, 5.41) is 6.46. The van der Waals surface area contributed by atoms with E-state index in [-0.39, 0.29) is 35.3 Å². The minimum absolute atomic E-state index is 0.0572. The molecule has 1 unspecified atom stereocenters. The lowest BCUT2D eigenvalue weighted by Crippen LogP contribution is -2.46. The van der Waals surface area contributed by atoms with Crippen molar-refractivity contribution in [1.82, 2.24) is 19.7 Å². The third-order valence-corrected chi connectivity index (χ3v) is 13.4. The van der Waals surface area contributed by atoms with Crippen LogP contribution in [0.5, 0.6) is 0 Å². The Bertz CT molecular complexity index is 1470. The van der Waals surface area contributed by atoms with Gasteiger partial charge in [0.2, 0.25) is 0 Å². The molecule has 0 amide bonds. The van der Waals surface area contributed by atoms with Crippen molar-refractivity contribution >= 4 is 42.7 Å². The van der Waals surface area contributed by atoms with Gasteiger partial charge in [-0.25, -0.2) is 18.4 Å². The van der Waals surface area contributed by atoms with Crippen LogP contribution in [0, 0.1) is 5.82 Å². The predicted octanol–water partition coefficient (Wildman–Crippen LogP) is 7.88. The summed E-state index contributed by atoms with van der Waals surface area (Å²) in [6.45, 7) is 7.35. The zero-order chi connectivity index (χ0) is 29.0. The molecule has 2 aliphatic heterocycles. The van der Waals surface area contributed by atoms with E-state index in [0.29, 0.717) is 32.4 Å². The molecule has 0 saturated carbocycles. The van der Waals surface area contributed by atoms with Crippen molar-refractivity contribution in [2.75, 3.05) is 13.2 Å². The van der Waals surface area contributed by atoms with Crippen molar-refractivity contribution in [1.29, 1.82) is 0 Å². The monoisotopic (exact) mass is 611 g/mol. The van der Waals surface area contributed by atoms with Crippen molar-refractivity contribution < 1.29 is 22.0 Å². The third-order valence-electron chi connectivity index (χ3n) is 7.81. The first-order valence-corrected chi connectivity index (χ1v) is 17.0. The Labute approximate surface area is 240 Å². The van der Waals surface area contributed by atoms with E-state index in [1.165, 1.54) is 41.8 Å². The number of fused-ring (bicyclic) bond motifs is 1. The van der Waals surface area contributed by atoms with Crippen LogP contribution in [0.4, 0.5) is 17.6 Å². The van der Waals surface area contributed by atoms with Gasteiger partial charge in [0, 0.05) is 46.1 Å². The fourth-order valence-electron chi connectivity index (χ4n) is 4.64. The van der Waals surface area contributed by atoms with Gasteiger partial charge in [-0.1, -0.05) is 38.4 Å². The van der Waals surface area contributed by atoms with Crippen LogP contribution in [-0.2, 0) is 4.43 Å². The summed E-state index contributed by atoms with van der Waals surface area (Å²) in [5.41, 5.74) is -0.172. The molecule has 0 N–H and O–H groups in total. The molecule has 214 valence electrons. The number of benzene rings is 1. The van der Waals surface area contributed by atoms with Crippen molar-refractivity contribution in [2.24, 2.45) is 4.99 Å². The molecule has 40 heavy (non-hydrogen) atoms. The van der Waals surface area contributed by atoms with Crippen molar-refractivity contribution in [2.45, 2.75) is 63.6 Å². The molecule has 5 rings (SSSR count). The fourth-order valence-corrected chi connectivity index (χ4v) is 6.61. The molecule has 4 heterocycles. The molecule has 0 aliphatic carbocycles. The SMILES string of the molecule is CC(C)(C)[Si](C)(C)OCC1(F)CC2=C(c3ccn(C(F)F)n3)[C@H](c3ccc(F)cc3Cl)N=C(c3nccs3)N2C1. The summed E-state index contributed by atoms with van der Waals surface area (Å²) >= 11 is 7.84. The van der Waals surface area contributed by atoms with E-state index in [0.717, 1.165) is 0 Å². The average Bonchev–Trinajstić information content (AvgIpc) is 3.61. The van der Waals surface area contributed by atoms with Gasteiger partial charge in [-0.2, -0.15) is 13.9 Å². The highest BCUT2D eigenvalue weighted by Crippen LogP contribution is 2.49. The maximum Gasteiger partial charge on any atom is 0.333 e. The number of hydrogen-bond donors (Lipinski definition) is 0. The lowest BCUT2D eigenvalue weighted by Gasteiger charge is -2.37. The quantitative estimate of drug-likeness (QED) is 0.201. The number of nitrogens with zero attached hydrogens (tertiary/aromatic N) is 5. The van der Waals surface area contributed by atoms with Gasteiger partial charge >= 0.3 is 6.55 Å². The summed E-state index contributed by atoms with van der Waals surface area (Å²) in [6.07, 6.45) is 2.74. The van der Waals surface area contributed by atoms with Gasteiger partial charge in [-0.05, 0) is 36.3 Å². The van der Waals surface area contributed by atoms with Gasteiger partial charge in [0.05, 0.1) is 18.8 Å². The highest BCUT2D eigenvalue weighted by Gasteiger charge is 2.50. The topological polar surface area (TPSA) is 55.5 Å². The van der Waals surface area contributed by atoms with Gasteiger partial charge in [-0.3, -0.25) is 4.99 Å². The number of allylic oxidation sites excluding steroid dienone is 1. The summed E-state index contributed by atoms with van der Waals surface area (Å²) in [5.74, 6) is -0.0998. The Kier molecular flexibility index (Phi) is 7.52. The van der Waals surface area contributed by atoms with Crippen LogP contribution in [-0.4, -0.2) is 52.6 Å². The number of aliphatic imine (C=N–C) groups is 1. The van der Waals surface area contributed by atoms with E-state index in [2.05, 4.69) is 43.9 Å². The molecule has 2 atom stereocenters. The van der Waals surface area contributed by atoms with Crippen LogP contribution < -0.4 is 0 Å². The summed E-state index contributed by atoms with van der Waals surface area (Å²) in [4.78, 5) is 11.1. The second-order valence-corrected chi connectivity index (χ2v) is 17.8. The summed E-state index contributed by atoms with van der Waals surface area (Å²) in [7, 11) is -2.27. The maximum absolute atomic E-state index is 16.8. The Hall–Kier alpha value is -2.54. The molecule has 1 fully saturated rings. The second-order valence-electron chi connectivity index (χ2n) is 11.6. The number of thiazole rings is 1. The van der Waals surface area contributed by atoms with E-state index in [9.17, 15) is 13.2 Å². The van der Waals surface area contributed by atoms with Crippen molar-refractivity contribution in [3.8, 4) is 0 Å². The van der Waals surface area contributed by atoms with E-state index in [1.807, 2.05) is 0 Å². The Balaban J connectivity index is 1.66. The zero-order valence-electron chi connectivity index (χ0n) is 22.8. The molecule has 3 aromatic rings. The normalized spacial score (nSPS) is 21.8. The van der Waals surface area contributed by atoms with Gasteiger partial charge in [0.25, 0.3) is 0 Å². The van der Waals surface area contributed by atoms with E-state index < -0.39 is 32.4 Å². The van der Waals surface area contributed by atoms with Crippen molar-refractivity contribution in [3.05, 3.63) is 74.8 Å². The molecular weight excluding hydrogens is 582 g/mol. The Morgan fingerprint density at radius 1 is 1.25 bits per heavy atom. The highest BCUT2D eigenvalue weighted by molar-refractivity contribution is 7.11. The first-order valence-electron chi connectivity index (χ1n) is 12.8. The second kappa shape index (κ2) is 10.4. The highest BCUT2D eigenvalue weighted by atomic mass is 35.5. The minimum Gasteiger partial charge on any atom is -0.413 e. The molecule has 2 aliphatic rings. The van der Waals surface area contributed by atoms with Crippen LogP contribution in [0.2, 0.25) is 23.2 Å². The molecule has 2 aromatic heterocycles. The maximum atomic E-state index is 16.8. The standard InChI is InChI=1S/C27H30ClF4N5OSSi/c1-26(2,3)40(4,5)38-15-27(32)13-20-21(19-8-10-37(35-19)25(30)31)22(17-7-6-16(29)12-18(17)28)34-23(36(20)14-27)24-33-9-11-39-24/h6-12,22,25H,13-15H2,1-5H3/t22-,27?/m0/s1.